The molecule has 186 valence electrons. The summed E-state index contributed by atoms with van der Waals surface area (Å²) < 4.78 is 147. The Balaban J connectivity index is 2.72. The molecule has 0 aliphatic carbocycles. The summed E-state index contributed by atoms with van der Waals surface area (Å²) in [5.41, 5.74) is -15.9. The lowest BCUT2D eigenvalue weighted by atomic mass is 9.90. The predicted octanol–water partition coefficient (Wildman–Crippen LogP) is 6.60. The maximum atomic E-state index is 14.3. The van der Waals surface area contributed by atoms with Gasteiger partial charge in [-0.2, -0.15) is 43.9 Å². The molecule has 34 heavy (non-hydrogen) atoms. The smallest absolute Gasteiger partial charge is 0.321 e. The SMILES string of the molecule is Cc1cc(C(F)(C(F)(F)F)C(F)(F)F)cc(C(F)(F)F)c1NC(=O)c1cccc([N+](=O)[O-])c1F. The average Bonchev–Trinajstić information content (AvgIpc) is 2.65. The Morgan fingerprint density at radius 2 is 1.47 bits per heavy atom. The molecule has 0 saturated heterocycles. The van der Waals surface area contributed by atoms with Gasteiger partial charge in [0.2, 0.25) is 5.82 Å². The van der Waals surface area contributed by atoms with Crippen LogP contribution in [-0.4, -0.2) is 23.2 Å². The van der Waals surface area contributed by atoms with Crippen LogP contribution in [-0.2, 0) is 11.8 Å². The first-order chi connectivity index (χ1) is 15.2. The number of nitro benzene ring substituents is 1. The highest BCUT2D eigenvalue weighted by atomic mass is 19.4. The van der Waals surface area contributed by atoms with Crippen LogP contribution in [0.1, 0.15) is 27.0 Å². The number of amides is 1. The molecule has 0 unspecified atom stereocenters. The van der Waals surface area contributed by atoms with Crippen LogP contribution in [0.25, 0.3) is 0 Å². The van der Waals surface area contributed by atoms with Crippen LogP contribution in [0.3, 0.4) is 0 Å². The normalized spacial score (nSPS) is 13.1. The molecule has 0 fully saturated rings. The van der Waals surface area contributed by atoms with Crippen molar-refractivity contribution in [3.8, 4) is 0 Å². The van der Waals surface area contributed by atoms with Gasteiger partial charge in [-0.05, 0) is 24.6 Å². The molecular formula is C18H9F11N2O3. The van der Waals surface area contributed by atoms with Gasteiger partial charge in [-0.1, -0.05) is 12.1 Å². The van der Waals surface area contributed by atoms with Gasteiger partial charge in [-0.3, -0.25) is 14.9 Å². The van der Waals surface area contributed by atoms with Crippen LogP contribution in [0.5, 0.6) is 0 Å². The Morgan fingerprint density at radius 3 is 1.91 bits per heavy atom. The third-order valence-corrected chi connectivity index (χ3v) is 4.48. The van der Waals surface area contributed by atoms with Gasteiger partial charge >= 0.3 is 29.9 Å². The van der Waals surface area contributed by atoms with Crippen molar-refractivity contribution in [2.24, 2.45) is 0 Å². The molecule has 0 spiro atoms. The van der Waals surface area contributed by atoms with E-state index in [1.807, 2.05) is 0 Å². The molecule has 2 aromatic rings. The second kappa shape index (κ2) is 8.39. The fourth-order valence-corrected chi connectivity index (χ4v) is 2.88. The molecule has 0 heterocycles. The monoisotopic (exact) mass is 510 g/mol. The third-order valence-electron chi connectivity index (χ3n) is 4.48. The quantitative estimate of drug-likeness (QED) is 0.286. The summed E-state index contributed by atoms with van der Waals surface area (Å²) in [4.78, 5) is 21.8. The van der Waals surface area contributed by atoms with Gasteiger partial charge in [0.1, 0.15) is 0 Å². The molecule has 0 aliphatic rings. The summed E-state index contributed by atoms with van der Waals surface area (Å²) in [6.45, 7) is 0.533. The van der Waals surface area contributed by atoms with Crippen LogP contribution in [0, 0.1) is 22.9 Å². The summed E-state index contributed by atoms with van der Waals surface area (Å²) >= 11 is 0. The van der Waals surface area contributed by atoms with E-state index >= 15 is 0 Å². The topological polar surface area (TPSA) is 72.2 Å². The van der Waals surface area contributed by atoms with Crippen molar-refractivity contribution >= 4 is 17.3 Å². The number of hydrogen-bond acceptors (Lipinski definition) is 3. The molecule has 16 heteroatoms. The highest BCUT2D eigenvalue weighted by Gasteiger charge is 2.73. The summed E-state index contributed by atoms with van der Waals surface area (Å²) in [6, 6.07) is 1.03. The van der Waals surface area contributed by atoms with Crippen molar-refractivity contribution in [2.75, 3.05) is 5.32 Å². The standard InChI is InChI=1S/C18H9F11N2O3/c1-7-5-8(15(20,17(24,25)26)18(27,28)29)6-10(16(21,22)23)13(7)30-14(32)9-3-2-4-11(12(9)19)31(33)34/h2-6H,1H3,(H,30,32). The van der Waals surface area contributed by atoms with Gasteiger partial charge in [0.25, 0.3) is 5.91 Å². The van der Waals surface area contributed by atoms with Crippen LogP contribution >= 0.6 is 0 Å². The molecule has 0 aliphatic heterocycles. The minimum absolute atomic E-state index is 0.213. The van der Waals surface area contributed by atoms with Gasteiger partial charge in [0.05, 0.1) is 21.7 Å². The minimum atomic E-state index is -6.71. The van der Waals surface area contributed by atoms with E-state index < -0.39 is 80.5 Å². The molecule has 2 aromatic carbocycles. The fraction of sp³-hybridized carbons (Fsp3) is 0.278. The number of nitrogens with one attached hydrogen (secondary N) is 1. The minimum Gasteiger partial charge on any atom is -0.321 e. The number of aryl methyl sites for hydroxylation is 1. The van der Waals surface area contributed by atoms with E-state index in [-0.39, 0.29) is 6.07 Å². The number of nitro groups is 1. The van der Waals surface area contributed by atoms with Crippen molar-refractivity contribution in [3.63, 3.8) is 0 Å². The molecule has 0 radical (unpaired) electrons. The van der Waals surface area contributed by atoms with Crippen LogP contribution < -0.4 is 5.32 Å². The summed E-state index contributed by atoms with van der Waals surface area (Å²) in [7, 11) is 0. The Bertz CT molecular complexity index is 1120. The summed E-state index contributed by atoms with van der Waals surface area (Å²) in [6.07, 6.45) is -19.1. The highest BCUT2D eigenvalue weighted by molar-refractivity contribution is 6.05. The van der Waals surface area contributed by atoms with E-state index in [1.54, 1.807) is 0 Å². The molecule has 2 rings (SSSR count). The second-order valence-corrected chi connectivity index (χ2v) is 6.72. The van der Waals surface area contributed by atoms with E-state index in [2.05, 4.69) is 0 Å². The number of hydrogen-bond donors (Lipinski definition) is 1. The van der Waals surface area contributed by atoms with Crippen molar-refractivity contribution in [2.45, 2.75) is 31.1 Å². The fourth-order valence-electron chi connectivity index (χ4n) is 2.88. The predicted molar refractivity (Wildman–Crippen MR) is 92.1 cm³/mol. The van der Waals surface area contributed by atoms with E-state index in [1.165, 1.54) is 5.32 Å². The number of anilines is 1. The van der Waals surface area contributed by atoms with Crippen molar-refractivity contribution < 1.29 is 58.0 Å². The molecule has 0 aromatic heterocycles. The third kappa shape index (κ3) is 4.61. The largest absolute Gasteiger partial charge is 0.435 e. The number of carbonyl (C=O) groups excluding carboxylic acids is 1. The van der Waals surface area contributed by atoms with Crippen molar-refractivity contribution in [1.29, 1.82) is 0 Å². The Labute approximate surface area is 181 Å². The van der Waals surface area contributed by atoms with Gasteiger partial charge < -0.3 is 5.32 Å². The highest BCUT2D eigenvalue weighted by Crippen LogP contribution is 2.54. The molecule has 0 saturated carbocycles. The lowest BCUT2D eigenvalue weighted by Gasteiger charge is -2.31. The van der Waals surface area contributed by atoms with Crippen molar-refractivity contribution in [1.82, 2.24) is 0 Å². The van der Waals surface area contributed by atoms with E-state index in [0.29, 0.717) is 19.1 Å². The van der Waals surface area contributed by atoms with Gasteiger partial charge in [-0.25, -0.2) is 4.39 Å². The lowest BCUT2D eigenvalue weighted by Crippen LogP contribution is -2.50. The molecule has 1 amide bonds. The summed E-state index contributed by atoms with van der Waals surface area (Å²) in [5, 5.41) is 12.2. The number of benzene rings is 2. The van der Waals surface area contributed by atoms with E-state index in [9.17, 15) is 63.2 Å². The number of alkyl halides is 10. The maximum absolute atomic E-state index is 14.3. The first-order valence-electron chi connectivity index (χ1n) is 8.52. The van der Waals surface area contributed by atoms with Crippen molar-refractivity contribution in [3.05, 3.63) is 68.5 Å². The second-order valence-electron chi connectivity index (χ2n) is 6.72. The number of carbonyl (C=O) groups is 1. The number of rotatable bonds is 4. The Morgan fingerprint density at radius 1 is 0.941 bits per heavy atom. The molecule has 0 atom stereocenters. The van der Waals surface area contributed by atoms with Crippen LogP contribution in [0.15, 0.2) is 30.3 Å². The zero-order valence-corrected chi connectivity index (χ0v) is 16.2. The zero-order valence-electron chi connectivity index (χ0n) is 16.2. The van der Waals surface area contributed by atoms with Gasteiger partial charge in [0, 0.05) is 11.6 Å². The average molecular weight is 510 g/mol. The molecule has 0 bridgehead atoms. The van der Waals surface area contributed by atoms with Crippen LogP contribution in [0.4, 0.5) is 59.7 Å². The first kappa shape index (κ1) is 26.8. The zero-order chi connectivity index (χ0) is 26.4. The van der Waals surface area contributed by atoms with Crippen LogP contribution in [0.2, 0.25) is 0 Å². The molecule has 1 N–H and O–H groups in total. The van der Waals surface area contributed by atoms with E-state index in [4.69, 9.17) is 0 Å². The Hall–Kier alpha value is -3.46. The molecule has 5 nitrogen and oxygen atoms in total. The van der Waals surface area contributed by atoms with Gasteiger partial charge in [0.15, 0.2) is 0 Å². The lowest BCUT2D eigenvalue weighted by molar-refractivity contribution is -0.387. The Kier molecular flexibility index (Phi) is 6.61. The van der Waals surface area contributed by atoms with Gasteiger partial charge in [-0.15, -0.1) is 0 Å². The first-order valence-corrected chi connectivity index (χ1v) is 8.52. The number of halogens is 11. The van der Waals surface area contributed by atoms with E-state index in [0.717, 1.165) is 6.07 Å². The molecular weight excluding hydrogens is 501 g/mol. The summed E-state index contributed by atoms with van der Waals surface area (Å²) in [5.74, 6) is -3.52. The number of nitrogens with zero attached hydrogens (tertiary/aromatic N) is 1. The maximum Gasteiger partial charge on any atom is 0.435 e.